The zero-order valence-corrected chi connectivity index (χ0v) is 15.9. The number of nitrogens with zero attached hydrogens (tertiary/aromatic N) is 2. The second kappa shape index (κ2) is 8.21. The molecule has 0 fully saturated rings. The second-order valence-corrected chi connectivity index (χ2v) is 6.82. The van der Waals surface area contributed by atoms with Crippen molar-refractivity contribution >= 4 is 16.7 Å². The number of hydrogen-bond acceptors (Lipinski definition) is 5. The van der Waals surface area contributed by atoms with Crippen LogP contribution in [0.1, 0.15) is 29.9 Å². The van der Waals surface area contributed by atoms with Crippen molar-refractivity contribution in [1.82, 2.24) is 9.78 Å². The number of rotatable bonds is 6. The van der Waals surface area contributed by atoms with E-state index in [1.54, 1.807) is 30.3 Å². The van der Waals surface area contributed by atoms with Gasteiger partial charge in [-0.05, 0) is 29.7 Å². The van der Waals surface area contributed by atoms with Gasteiger partial charge in [-0.15, -0.1) is 0 Å². The largest absolute Gasteiger partial charge is 0.494 e. The first-order chi connectivity index (χ1) is 13.4. The first-order valence-electron chi connectivity index (χ1n) is 8.90. The van der Waals surface area contributed by atoms with Crippen LogP contribution >= 0.6 is 0 Å². The molecule has 0 bridgehead atoms. The van der Waals surface area contributed by atoms with E-state index < -0.39 is 11.8 Å². The van der Waals surface area contributed by atoms with Gasteiger partial charge in [0.2, 0.25) is 0 Å². The average Bonchev–Trinajstić information content (AvgIpc) is 2.68. The van der Waals surface area contributed by atoms with Crippen molar-refractivity contribution in [3.63, 3.8) is 0 Å². The van der Waals surface area contributed by atoms with Gasteiger partial charge in [0.05, 0.1) is 12.5 Å². The molecule has 7 heteroatoms. The van der Waals surface area contributed by atoms with E-state index in [1.165, 1.54) is 23.9 Å². The van der Waals surface area contributed by atoms with Gasteiger partial charge in [-0.2, -0.15) is 5.10 Å². The number of ether oxygens (including phenoxy) is 2. The molecule has 1 aromatic heterocycles. The molecule has 0 atom stereocenters. The highest BCUT2D eigenvalue weighted by Gasteiger charge is 2.18. The Kier molecular flexibility index (Phi) is 5.73. The maximum atomic E-state index is 13.8. The van der Waals surface area contributed by atoms with E-state index in [2.05, 4.69) is 5.10 Å². The summed E-state index contributed by atoms with van der Waals surface area (Å²) in [6.45, 7) is 4.17. The highest BCUT2D eigenvalue weighted by molar-refractivity contribution is 6.02. The van der Waals surface area contributed by atoms with Crippen LogP contribution in [0.3, 0.4) is 0 Å². The average molecular weight is 384 g/mol. The molecule has 0 N–H and O–H groups in total. The summed E-state index contributed by atoms with van der Waals surface area (Å²) in [5.74, 6) is -0.920. The van der Waals surface area contributed by atoms with E-state index in [1.807, 2.05) is 13.8 Å². The molecule has 0 saturated carbocycles. The van der Waals surface area contributed by atoms with E-state index in [9.17, 15) is 14.0 Å². The first-order valence-corrected chi connectivity index (χ1v) is 8.90. The highest BCUT2D eigenvalue weighted by Crippen LogP contribution is 2.19. The Morgan fingerprint density at radius 1 is 1.18 bits per heavy atom. The maximum absolute atomic E-state index is 13.8. The molecule has 146 valence electrons. The van der Waals surface area contributed by atoms with E-state index in [0.717, 1.165) is 0 Å². The van der Waals surface area contributed by atoms with Crippen LogP contribution in [0, 0.1) is 11.7 Å². The molecule has 1 heterocycles. The zero-order valence-electron chi connectivity index (χ0n) is 15.9. The van der Waals surface area contributed by atoms with Crippen molar-refractivity contribution in [1.29, 1.82) is 0 Å². The summed E-state index contributed by atoms with van der Waals surface area (Å²) in [6.07, 6.45) is 0. The third kappa shape index (κ3) is 4.03. The third-order valence-electron chi connectivity index (χ3n) is 4.19. The fourth-order valence-electron chi connectivity index (χ4n) is 2.87. The van der Waals surface area contributed by atoms with Gasteiger partial charge >= 0.3 is 5.97 Å². The van der Waals surface area contributed by atoms with E-state index in [0.29, 0.717) is 22.9 Å². The monoisotopic (exact) mass is 384 g/mol. The second-order valence-electron chi connectivity index (χ2n) is 6.82. The predicted octanol–water partition coefficient (Wildman–Crippen LogP) is 3.56. The van der Waals surface area contributed by atoms with Crippen LogP contribution < -0.4 is 10.3 Å². The summed E-state index contributed by atoms with van der Waals surface area (Å²) in [7, 11) is 1.38. The lowest BCUT2D eigenvalue weighted by Gasteiger charge is -2.12. The molecule has 0 saturated heterocycles. The van der Waals surface area contributed by atoms with Crippen molar-refractivity contribution in [3.05, 3.63) is 69.9 Å². The van der Waals surface area contributed by atoms with Crippen LogP contribution in [0.15, 0.2) is 47.3 Å². The normalized spacial score (nSPS) is 11.0. The molecule has 28 heavy (non-hydrogen) atoms. The number of aromatic nitrogens is 2. The Bertz CT molecular complexity index is 1080. The molecule has 0 aliphatic rings. The molecule has 3 rings (SSSR count). The Balaban J connectivity index is 1.91. The van der Waals surface area contributed by atoms with Crippen molar-refractivity contribution in [3.8, 4) is 5.75 Å². The third-order valence-corrected chi connectivity index (χ3v) is 4.19. The van der Waals surface area contributed by atoms with Crippen LogP contribution in [-0.2, 0) is 17.9 Å². The summed E-state index contributed by atoms with van der Waals surface area (Å²) in [6, 6.07) is 11.1. The molecule has 6 nitrogen and oxygen atoms in total. The van der Waals surface area contributed by atoms with Gasteiger partial charge < -0.3 is 9.47 Å². The lowest BCUT2D eigenvalue weighted by Crippen LogP contribution is -2.28. The predicted molar refractivity (Wildman–Crippen MR) is 103 cm³/mol. The van der Waals surface area contributed by atoms with Gasteiger partial charge in [-0.3, -0.25) is 4.79 Å². The van der Waals surface area contributed by atoms with Crippen molar-refractivity contribution in [2.45, 2.75) is 27.0 Å². The SMILES string of the molecule is COc1ccc(COC(=O)c2nn(CC(C)C)c(=O)c3ccccc23)cc1F. The van der Waals surface area contributed by atoms with Gasteiger partial charge in [0.25, 0.3) is 5.56 Å². The number of carbonyl (C=O) groups is 1. The topological polar surface area (TPSA) is 70.4 Å². The number of halogens is 1. The lowest BCUT2D eigenvalue weighted by molar-refractivity contribution is 0.0464. The highest BCUT2D eigenvalue weighted by atomic mass is 19.1. The van der Waals surface area contributed by atoms with Gasteiger partial charge in [-0.1, -0.05) is 38.1 Å². The molecule has 0 unspecified atom stereocenters. The van der Waals surface area contributed by atoms with E-state index in [4.69, 9.17) is 9.47 Å². The molecular formula is C21H21FN2O4. The minimum Gasteiger partial charge on any atom is -0.494 e. The van der Waals surface area contributed by atoms with Crippen LogP contribution in [0.25, 0.3) is 10.8 Å². The minimum absolute atomic E-state index is 0.0600. The van der Waals surface area contributed by atoms with Crippen molar-refractivity contribution in [2.24, 2.45) is 5.92 Å². The van der Waals surface area contributed by atoms with Crippen molar-refractivity contribution in [2.75, 3.05) is 7.11 Å². The maximum Gasteiger partial charge on any atom is 0.359 e. The number of benzene rings is 2. The number of esters is 1. The Labute approximate surface area is 161 Å². The minimum atomic E-state index is -0.676. The molecule has 3 aromatic rings. The summed E-state index contributed by atoms with van der Waals surface area (Å²) >= 11 is 0. The lowest BCUT2D eigenvalue weighted by atomic mass is 10.1. The fraction of sp³-hybridized carbons (Fsp3) is 0.286. The van der Waals surface area contributed by atoms with Gasteiger partial charge in [0.1, 0.15) is 6.61 Å². The zero-order chi connectivity index (χ0) is 20.3. The van der Waals surface area contributed by atoms with Crippen LogP contribution in [0.4, 0.5) is 4.39 Å². The van der Waals surface area contributed by atoms with E-state index in [-0.39, 0.29) is 29.5 Å². The molecule has 0 aliphatic carbocycles. The Morgan fingerprint density at radius 2 is 1.89 bits per heavy atom. The summed E-state index contributed by atoms with van der Waals surface area (Å²) in [4.78, 5) is 25.3. The summed E-state index contributed by atoms with van der Waals surface area (Å²) < 4.78 is 25.3. The van der Waals surface area contributed by atoms with Gasteiger partial charge in [0.15, 0.2) is 17.3 Å². The van der Waals surface area contributed by atoms with Crippen LogP contribution in [0.5, 0.6) is 5.75 Å². The number of hydrogen-bond donors (Lipinski definition) is 0. The standard InChI is InChI=1S/C21H21FN2O4/c1-13(2)11-24-20(25)16-7-5-4-6-15(16)19(23-24)21(26)28-12-14-8-9-18(27-3)17(22)10-14/h4-10,13H,11-12H2,1-3H3. The van der Waals surface area contributed by atoms with E-state index >= 15 is 0 Å². The first kappa shape index (κ1) is 19.5. The Morgan fingerprint density at radius 3 is 2.54 bits per heavy atom. The quantitative estimate of drug-likeness (QED) is 0.608. The van der Waals surface area contributed by atoms with Crippen LogP contribution in [0.2, 0.25) is 0 Å². The number of carbonyl (C=O) groups excluding carboxylic acids is 1. The molecule has 0 radical (unpaired) electrons. The molecule has 0 aliphatic heterocycles. The number of fused-ring (bicyclic) bond motifs is 1. The fourth-order valence-corrected chi connectivity index (χ4v) is 2.87. The van der Waals surface area contributed by atoms with Gasteiger partial charge in [0, 0.05) is 11.9 Å². The molecule has 2 aromatic carbocycles. The van der Waals surface area contributed by atoms with Gasteiger partial charge in [-0.25, -0.2) is 13.9 Å². The van der Waals surface area contributed by atoms with Crippen molar-refractivity contribution < 1.29 is 18.7 Å². The smallest absolute Gasteiger partial charge is 0.359 e. The Hall–Kier alpha value is -3.22. The summed E-state index contributed by atoms with van der Waals surface area (Å²) in [5, 5.41) is 5.07. The molecule has 0 spiro atoms. The number of methoxy groups -OCH3 is 1. The molecule has 0 amide bonds. The van der Waals surface area contributed by atoms with Crippen LogP contribution in [-0.4, -0.2) is 22.9 Å². The molecular weight excluding hydrogens is 363 g/mol. The summed E-state index contributed by atoms with van der Waals surface area (Å²) in [5.41, 5.74) is 0.286.